The molecule has 0 spiro atoms. The van der Waals surface area contributed by atoms with E-state index < -0.39 is 12.6 Å². The number of hydrogen-bond donors (Lipinski definition) is 1. The molecule has 0 aromatic carbocycles. The van der Waals surface area contributed by atoms with Gasteiger partial charge in [0.15, 0.2) is 19.3 Å². The summed E-state index contributed by atoms with van der Waals surface area (Å²) >= 11 is 0. The Balaban J connectivity index is 2.35. The first-order valence-electron chi connectivity index (χ1n) is 2.52. The fourth-order valence-electron chi connectivity index (χ4n) is 0.408. The van der Waals surface area contributed by atoms with Crippen LogP contribution in [0.2, 0.25) is 0 Å². The summed E-state index contributed by atoms with van der Waals surface area (Å²) in [4.78, 5) is 13.4. The van der Waals surface area contributed by atoms with E-state index in [0.29, 0.717) is 0 Å². The monoisotopic (exact) mass is 143 g/mol. The molecule has 0 fully saturated rings. The Kier molecular flexibility index (Phi) is 1.89. The largest absolute Gasteiger partial charge is 0.479 e. The Morgan fingerprint density at radius 2 is 2.70 bits per heavy atom. The zero-order valence-corrected chi connectivity index (χ0v) is 4.98. The van der Waals surface area contributed by atoms with Crippen LogP contribution >= 0.6 is 0 Å². The highest BCUT2D eigenvalue weighted by atomic mass is 16.5. The number of aromatic nitrogens is 1. The summed E-state index contributed by atoms with van der Waals surface area (Å²) in [5.74, 6) is -0.856. The van der Waals surface area contributed by atoms with Crippen molar-refractivity contribution < 1.29 is 19.1 Å². The number of rotatable bonds is 3. The molecule has 54 valence electrons. The summed E-state index contributed by atoms with van der Waals surface area (Å²) in [5.41, 5.74) is 0. The van der Waals surface area contributed by atoms with Crippen molar-refractivity contribution in [1.29, 1.82) is 0 Å². The molecule has 0 aliphatic heterocycles. The van der Waals surface area contributed by atoms with Crippen LogP contribution < -0.4 is 4.74 Å². The lowest BCUT2D eigenvalue weighted by Crippen LogP contribution is -2.09. The number of carbonyl (C=O) groups is 1. The maximum absolute atomic E-state index is 9.91. The highest BCUT2D eigenvalue weighted by Crippen LogP contribution is 2.03. The molecule has 0 saturated heterocycles. The molecule has 0 radical (unpaired) electrons. The molecule has 0 aliphatic carbocycles. The van der Waals surface area contributed by atoms with Crippen molar-refractivity contribution in [3.63, 3.8) is 0 Å². The molecule has 1 rings (SSSR count). The quantitative estimate of drug-likeness (QED) is 0.651. The Hall–Kier alpha value is -1.52. The summed E-state index contributed by atoms with van der Waals surface area (Å²) in [5, 5.41) is 8.13. The van der Waals surface area contributed by atoms with Crippen LogP contribution in [-0.2, 0) is 4.79 Å². The highest BCUT2D eigenvalue weighted by Gasteiger charge is 1.99. The van der Waals surface area contributed by atoms with Gasteiger partial charge < -0.3 is 14.3 Å². The molecule has 1 aromatic rings. The van der Waals surface area contributed by atoms with E-state index in [1.54, 1.807) is 0 Å². The summed E-state index contributed by atoms with van der Waals surface area (Å²) < 4.78 is 9.12. The fraction of sp³-hybridized carbons (Fsp3) is 0.200. The summed E-state index contributed by atoms with van der Waals surface area (Å²) in [6.45, 7) is -0.396. The van der Waals surface area contributed by atoms with Gasteiger partial charge in [0.05, 0.1) is 0 Å². The SMILES string of the molecule is O=C(O)COc1cocn1. The van der Waals surface area contributed by atoms with Crippen molar-refractivity contribution in [2.24, 2.45) is 0 Å². The van der Waals surface area contributed by atoms with E-state index in [1.165, 1.54) is 6.26 Å². The van der Waals surface area contributed by atoms with Gasteiger partial charge in [0.25, 0.3) is 5.88 Å². The molecule has 5 nitrogen and oxygen atoms in total. The number of carboxylic acids is 1. The van der Waals surface area contributed by atoms with Crippen LogP contribution in [0.3, 0.4) is 0 Å². The minimum absolute atomic E-state index is 0.183. The van der Waals surface area contributed by atoms with Crippen molar-refractivity contribution in [1.82, 2.24) is 4.98 Å². The average molecular weight is 143 g/mol. The van der Waals surface area contributed by atoms with Crippen molar-refractivity contribution in [2.45, 2.75) is 0 Å². The second-order valence-corrected chi connectivity index (χ2v) is 1.51. The van der Waals surface area contributed by atoms with Gasteiger partial charge in [-0.2, -0.15) is 4.98 Å². The van der Waals surface area contributed by atoms with Crippen molar-refractivity contribution in [2.75, 3.05) is 6.61 Å². The topological polar surface area (TPSA) is 72.6 Å². The van der Waals surface area contributed by atoms with Gasteiger partial charge in [0, 0.05) is 0 Å². The number of carboxylic acid groups (broad SMARTS) is 1. The lowest BCUT2D eigenvalue weighted by atomic mass is 10.7. The molecule has 1 heterocycles. The predicted octanol–water partition coefficient (Wildman–Crippen LogP) is 0.138. The van der Waals surface area contributed by atoms with Crippen LogP contribution in [0.5, 0.6) is 5.88 Å². The molecular weight excluding hydrogens is 138 g/mol. The summed E-state index contributed by atoms with van der Waals surface area (Å²) in [6.07, 6.45) is 2.39. The minimum Gasteiger partial charge on any atom is -0.479 e. The molecule has 5 heteroatoms. The standard InChI is InChI=1S/C5H5NO4/c7-5(8)2-10-4-1-9-3-6-4/h1,3H,2H2,(H,7,8). The maximum Gasteiger partial charge on any atom is 0.341 e. The molecule has 0 amide bonds. The molecule has 0 aliphatic rings. The van der Waals surface area contributed by atoms with Gasteiger partial charge in [-0.05, 0) is 0 Å². The molecule has 1 aromatic heterocycles. The van der Waals surface area contributed by atoms with Gasteiger partial charge in [-0.3, -0.25) is 0 Å². The van der Waals surface area contributed by atoms with Crippen LogP contribution in [-0.4, -0.2) is 22.7 Å². The van der Waals surface area contributed by atoms with E-state index in [9.17, 15) is 4.79 Å². The summed E-state index contributed by atoms with van der Waals surface area (Å²) in [6, 6.07) is 0. The second kappa shape index (κ2) is 2.86. The van der Waals surface area contributed by atoms with E-state index in [2.05, 4.69) is 14.1 Å². The fourth-order valence-corrected chi connectivity index (χ4v) is 0.408. The zero-order valence-electron chi connectivity index (χ0n) is 4.98. The third-order valence-electron chi connectivity index (χ3n) is 0.753. The minimum atomic E-state index is -1.04. The van der Waals surface area contributed by atoms with Gasteiger partial charge in [0.2, 0.25) is 0 Å². The Morgan fingerprint density at radius 1 is 1.90 bits per heavy atom. The molecule has 0 saturated carbocycles. The number of ether oxygens (including phenoxy) is 1. The van der Waals surface area contributed by atoms with E-state index >= 15 is 0 Å². The third-order valence-corrected chi connectivity index (χ3v) is 0.753. The van der Waals surface area contributed by atoms with Gasteiger partial charge in [-0.1, -0.05) is 0 Å². The number of aliphatic carboxylic acids is 1. The lowest BCUT2D eigenvalue weighted by molar-refractivity contribution is -0.139. The average Bonchev–Trinajstić information content (AvgIpc) is 2.34. The first kappa shape index (κ1) is 6.60. The van der Waals surface area contributed by atoms with E-state index in [0.717, 1.165) is 6.39 Å². The lowest BCUT2D eigenvalue weighted by Gasteiger charge is -1.93. The van der Waals surface area contributed by atoms with Gasteiger partial charge in [-0.15, -0.1) is 0 Å². The Morgan fingerprint density at radius 3 is 3.20 bits per heavy atom. The van der Waals surface area contributed by atoms with Crippen LogP contribution in [0.15, 0.2) is 17.1 Å². The van der Waals surface area contributed by atoms with Crippen molar-refractivity contribution in [3.8, 4) is 5.88 Å². The predicted molar refractivity (Wildman–Crippen MR) is 29.6 cm³/mol. The van der Waals surface area contributed by atoms with Crippen molar-refractivity contribution >= 4 is 5.97 Å². The van der Waals surface area contributed by atoms with E-state index in [1.807, 2.05) is 0 Å². The summed E-state index contributed by atoms with van der Waals surface area (Å²) in [7, 11) is 0. The Labute approximate surface area is 56.2 Å². The molecule has 0 atom stereocenters. The maximum atomic E-state index is 9.91. The van der Waals surface area contributed by atoms with E-state index in [4.69, 9.17) is 5.11 Å². The molecule has 0 bridgehead atoms. The van der Waals surface area contributed by atoms with Gasteiger partial charge in [0.1, 0.15) is 0 Å². The van der Waals surface area contributed by atoms with Crippen LogP contribution in [0.1, 0.15) is 0 Å². The smallest absolute Gasteiger partial charge is 0.341 e. The number of hydrogen-bond acceptors (Lipinski definition) is 4. The number of oxazole rings is 1. The van der Waals surface area contributed by atoms with E-state index in [-0.39, 0.29) is 5.88 Å². The van der Waals surface area contributed by atoms with Crippen LogP contribution in [0.25, 0.3) is 0 Å². The van der Waals surface area contributed by atoms with Gasteiger partial charge in [-0.25, -0.2) is 4.79 Å². The van der Waals surface area contributed by atoms with Gasteiger partial charge >= 0.3 is 5.97 Å². The first-order valence-corrected chi connectivity index (χ1v) is 2.52. The molecular formula is C5H5NO4. The van der Waals surface area contributed by atoms with Crippen LogP contribution in [0, 0.1) is 0 Å². The Bertz CT molecular complexity index is 205. The zero-order chi connectivity index (χ0) is 7.40. The van der Waals surface area contributed by atoms with Crippen LogP contribution in [0.4, 0.5) is 0 Å². The number of nitrogens with zero attached hydrogens (tertiary/aromatic N) is 1. The molecule has 0 unspecified atom stereocenters. The highest BCUT2D eigenvalue weighted by molar-refractivity contribution is 5.68. The first-order chi connectivity index (χ1) is 4.79. The third kappa shape index (κ3) is 1.77. The molecule has 1 N–H and O–H groups in total. The second-order valence-electron chi connectivity index (χ2n) is 1.51. The van der Waals surface area contributed by atoms with Crippen molar-refractivity contribution in [3.05, 3.63) is 12.7 Å². The normalized spacial score (nSPS) is 9.20. The molecule has 10 heavy (non-hydrogen) atoms.